The molecular weight excluding hydrogens is 290 g/mol. The number of carbonyl (C=O) groups is 1. The highest BCUT2D eigenvalue weighted by molar-refractivity contribution is 7.89. The van der Waals surface area contributed by atoms with Crippen LogP contribution in [0.4, 0.5) is 0 Å². The van der Waals surface area contributed by atoms with E-state index in [-0.39, 0.29) is 4.90 Å². The third kappa shape index (κ3) is 3.83. The molecule has 6 heteroatoms. The SMILES string of the molecule is CCCN(CC1CC1)S(=O)(=O)c1ccc(C(=O)OC)cc1. The molecule has 21 heavy (non-hydrogen) atoms. The zero-order chi connectivity index (χ0) is 15.5. The second kappa shape index (κ2) is 6.58. The lowest BCUT2D eigenvalue weighted by atomic mass is 10.2. The second-order valence-corrected chi connectivity index (χ2v) is 7.26. The third-order valence-electron chi connectivity index (χ3n) is 3.54. The van der Waals surface area contributed by atoms with Gasteiger partial charge in [-0.3, -0.25) is 0 Å². The molecule has 0 aliphatic heterocycles. The molecule has 0 saturated heterocycles. The van der Waals surface area contributed by atoms with Crippen LogP contribution in [0.25, 0.3) is 0 Å². The smallest absolute Gasteiger partial charge is 0.337 e. The van der Waals surface area contributed by atoms with Crippen LogP contribution in [-0.4, -0.2) is 38.9 Å². The molecule has 0 amide bonds. The third-order valence-corrected chi connectivity index (χ3v) is 5.42. The van der Waals surface area contributed by atoms with Gasteiger partial charge in [-0.05, 0) is 49.4 Å². The maximum atomic E-state index is 12.6. The lowest BCUT2D eigenvalue weighted by molar-refractivity contribution is 0.0600. The number of esters is 1. The van der Waals surface area contributed by atoms with E-state index >= 15 is 0 Å². The standard InChI is InChI=1S/C15H21NO4S/c1-3-10-16(11-12-4-5-12)21(18,19)14-8-6-13(7-9-14)15(17)20-2/h6-9,12H,3-5,10-11H2,1-2H3. The van der Waals surface area contributed by atoms with Crippen molar-refractivity contribution in [2.75, 3.05) is 20.2 Å². The van der Waals surface area contributed by atoms with Crippen LogP contribution >= 0.6 is 0 Å². The van der Waals surface area contributed by atoms with E-state index in [4.69, 9.17) is 0 Å². The summed E-state index contributed by atoms with van der Waals surface area (Å²) in [7, 11) is -2.19. The number of nitrogens with zero attached hydrogens (tertiary/aromatic N) is 1. The predicted molar refractivity (Wildman–Crippen MR) is 79.6 cm³/mol. The lowest BCUT2D eigenvalue weighted by Crippen LogP contribution is -2.33. The van der Waals surface area contributed by atoms with Gasteiger partial charge in [-0.2, -0.15) is 4.31 Å². The number of ether oxygens (including phenoxy) is 1. The lowest BCUT2D eigenvalue weighted by Gasteiger charge is -2.21. The van der Waals surface area contributed by atoms with Crippen molar-refractivity contribution in [2.45, 2.75) is 31.1 Å². The topological polar surface area (TPSA) is 63.7 Å². The van der Waals surface area contributed by atoms with Crippen molar-refractivity contribution in [3.63, 3.8) is 0 Å². The van der Waals surface area contributed by atoms with Crippen LogP contribution < -0.4 is 0 Å². The monoisotopic (exact) mass is 311 g/mol. The Morgan fingerprint density at radius 2 is 1.90 bits per heavy atom. The van der Waals surface area contributed by atoms with E-state index in [1.54, 1.807) is 4.31 Å². The molecule has 0 aromatic heterocycles. The molecule has 0 bridgehead atoms. The van der Waals surface area contributed by atoms with Crippen molar-refractivity contribution >= 4 is 16.0 Å². The molecule has 0 atom stereocenters. The number of carbonyl (C=O) groups excluding carboxylic acids is 1. The molecule has 0 unspecified atom stereocenters. The van der Waals surface area contributed by atoms with Crippen molar-refractivity contribution in [1.29, 1.82) is 0 Å². The Hall–Kier alpha value is -1.40. The molecule has 0 spiro atoms. The summed E-state index contributed by atoms with van der Waals surface area (Å²) < 4.78 is 31.5. The van der Waals surface area contributed by atoms with Crippen LogP contribution in [0.2, 0.25) is 0 Å². The van der Waals surface area contributed by atoms with Gasteiger partial charge in [0.25, 0.3) is 0 Å². The van der Waals surface area contributed by atoms with Crippen LogP contribution in [-0.2, 0) is 14.8 Å². The zero-order valence-corrected chi connectivity index (χ0v) is 13.2. The average Bonchev–Trinajstić information content (AvgIpc) is 3.30. The van der Waals surface area contributed by atoms with E-state index in [2.05, 4.69) is 4.74 Å². The minimum absolute atomic E-state index is 0.226. The van der Waals surface area contributed by atoms with Crippen LogP contribution in [0.3, 0.4) is 0 Å². The van der Waals surface area contributed by atoms with Crippen LogP contribution in [0.15, 0.2) is 29.2 Å². The number of sulfonamides is 1. The molecule has 0 radical (unpaired) electrons. The highest BCUT2D eigenvalue weighted by Crippen LogP contribution is 2.31. The first-order valence-corrected chi connectivity index (χ1v) is 8.61. The van der Waals surface area contributed by atoms with Crippen molar-refractivity contribution in [3.05, 3.63) is 29.8 Å². The summed E-state index contributed by atoms with van der Waals surface area (Å²) in [6.07, 6.45) is 3.00. The van der Waals surface area contributed by atoms with E-state index in [1.165, 1.54) is 31.4 Å². The molecule has 5 nitrogen and oxygen atoms in total. The normalized spacial score (nSPS) is 15.2. The van der Waals surface area contributed by atoms with Crippen molar-refractivity contribution in [3.8, 4) is 0 Å². The van der Waals surface area contributed by atoms with Gasteiger partial charge in [-0.25, -0.2) is 13.2 Å². The van der Waals surface area contributed by atoms with Crippen molar-refractivity contribution in [2.24, 2.45) is 5.92 Å². The maximum absolute atomic E-state index is 12.6. The van der Waals surface area contributed by atoms with E-state index in [0.29, 0.717) is 24.6 Å². The summed E-state index contributed by atoms with van der Waals surface area (Å²) in [4.78, 5) is 11.6. The average molecular weight is 311 g/mol. The summed E-state index contributed by atoms with van der Waals surface area (Å²) in [6.45, 7) is 3.09. The molecule has 1 saturated carbocycles. The fraction of sp³-hybridized carbons (Fsp3) is 0.533. The van der Waals surface area contributed by atoms with E-state index < -0.39 is 16.0 Å². The van der Waals surface area contributed by atoms with Gasteiger partial charge < -0.3 is 4.74 Å². The van der Waals surface area contributed by atoms with Crippen molar-refractivity contribution in [1.82, 2.24) is 4.31 Å². The fourth-order valence-corrected chi connectivity index (χ4v) is 3.79. The first-order chi connectivity index (χ1) is 9.98. The summed E-state index contributed by atoms with van der Waals surface area (Å²) in [5.41, 5.74) is 0.348. The molecule has 116 valence electrons. The Labute approximate surface area is 126 Å². The van der Waals surface area contributed by atoms with Gasteiger partial charge in [0.15, 0.2) is 0 Å². The van der Waals surface area contributed by atoms with Crippen LogP contribution in [0, 0.1) is 5.92 Å². The number of benzene rings is 1. The second-order valence-electron chi connectivity index (χ2n) is 5.32. The predicted octanol–water partition coefficient (Wildman–Crippen LogP) is 2.28. The van der Waals surface area contributed by atoms with E-state index in [0.717, 1.165) is 19.3 Å². The van der Waals surface area contributed by atoms with E-state index in [9.17, 15) is 13.2 Å². The van der Waals surface area contributed by atoms with Gasteiger partial charge in [0.05, 0.1) is 17.6 Å². The molecule has 1 aliphatic carbocycles. The number of hydrogen-bond acceptors (Lipinski definition) is 4. The van der Waals surface area contributed by atoms with Gasteiger partial charge in [0.2, 0.25) is 10.0 Å². The molecule has 0 heterocycles. The first-order valence-electron chi connectivity index (χ1n) is 7.17. The van der Waals surface area contributed by atoms with E-state index in [1.807, 2.05) is 6.92 Å². The highest BCUT2D eigenvalue weighted by Gasteiger charge is 2.31. The molecule has 1 aromatic carbocycles. The summed E-state index contributed by atoms with van der Waals surface area (Å²) in [5, 5.41) is 0. The maximum Gasteiger partial charge on any atom is 0.337 e. The zero-order valence-electron chi connectivity index (χ0n) is 12.4. The Morgan fingerprint density at radius 3 is 2.38 bits per heavy atom. The summed E-state index contributed by atoms with van der Waals surface area (Å²) in [6, 6.07) is 5.91. The van der Waals surface area contributed by atoms with Crippen LogP contribution in [0.1, 0.15) is 36.5 Å². The summed E-state index contributed by atoms with van der Waals surface area (Å²) in [5.74, 6) is 0.0306. The minimum atomic E-state index is -3.49. The molecular formula is C15H21NO4S. The molecule has 1 aliphatic rings. The fourth-order valence-electron chi connectivity index (χ4n) is 2.18. The first kappa shape index (κ1) is 16.0. The molecule has 0 N–H and O–H groups in total. The van der Waals surface area contributed by atoms with Gasteiger partial charge in [0.1, 0.15) is 0 Å². The molecule has 1 aromatic rings. The Balaban J connectivity index is 2.21. The molecule has 2 rings (SSSR count). The Bertz CT molecular complexity index is 591. The van der Waals surface area contributed by atoms with Crippen molar-refractivity contribution < 1.29 is 17.9 Å². The van der Waals surface area contributed by atoms with Gasteiger partial charge >= 0.3 is 5.97 Å². The Kier molecular flexibility index (Phi) is 5.00. The largest absolute Gasteiger partial charge is 0.465 e. The number of methoxy groups -OCH3 is 1. The van der Waals surface area contributed by atoms with Crippen LogP contribution in [0.5, 0.6) is 0 Å². The van der Waals surface area contributed by atoms with Gasteiger partial charge in [0, 0.05) is 13.1 Å². The quantitative estimate of drug-likeness (QED) is 0.725. The number of hydrogen-bond donors (Lipinski definition) is 0. The Morgan fingerprint density at radius 1 is 1.29 bits per heavy atom. The summed E-state index contributed by atoms with van der Waals surface area (Å²) >= 11 is 0. The number of rotatable bonds is 7. The van der Waals surface area contributed by atoms with Gasteiger partial charge in [-0.1, -0.05) is 6.92 Å². The van der Waals surface area contributed by atoms with Gasteiger partial charge in [-0.15, -0.1) is 0 Å². The minimum Gasteiger partial charge on any atom is -0.465 e. The molecule has 1 fully saturated rings. The highest BCUT2D eigenvalue weighted by atomic mass is 32.2.